The van der Waals surface area contributed by atoms with Crippen LogP contribution < -0.4 is 10.1 Å². The Balaban J connectivity index is 2.94. The Labute approximate surface area is 106 Å². The quantitative estimate of drug-likeness (QED) is 0.646. The summed E-state index contributed by atoms with van der Waals surface area (Å²) in [5, 5.41) is 2.57. The molecule has 0 bridgehead atoms. The second kappa shape index (κ2) is 6.45. The number of carbonyl (C=O) groups is 2. The zero-order valence-electron chi connectivity index (χ0n) is 10.7. The minimum Gasteiger partial charge on any atom is -0.495 e. The average Bonchev–Trinajstić information content (AvgIpc) is 2.34. The lowest BCUT2D eigenvalue weighted by Gasteiger charge is -2.04. The zero-order valence-corrected chi connectivity index (χ0v) is 10.7. The maximum atomic E-state index is 11.3. The SMILES string of the molecule is COc1ccc(C(C)=O)cc1C#CCNC(C)=O. The van der Waals surface area contributed by atoms with Gasteiger partial charge in [0.05, 0.1) is 19.2 Å². The lowest BCUT2D eigenvalue weighted by molar-refractivity contribution is -0.118. The molecule has 0 fully saturated rings. The van der Waals surface area contributed by atoms with Crippen molar-refractivity contribution in [3.05, 3.63) is 29.3 Å². The number of ether oxygens (including phenoxy) is 1. The van der Waals surface area contributed by atoms with Crippen LogP contribution in [0.2, 0.25) is 0 Å². The normalized spacial score (nSPS) is 9.06. The summed E-state index contributed by atoms with van der Waals surface area (Å²) < 4.78 is 5.16. The predicted octanol–water partition coefficient (Wildman–Crippen LogP) is 1.39. The van der Waals surface area contributed by atoms with Crippen molar-refractivity contribution in [3.63, 3.8) is 0 Å². The first-order valence-electron chi connectivity index (χ1n) is 5.47. The smallest absolute Gasteiger partial charge is 0.217 e. The molecule has 0 saturated carbocycles. The molecule has 0 saturated heterocycles. The van der Waals surface area contributed by atoms with Gasteiger partial charge >= 0.3 is 0 Å². The van der Waals surface area contributed by atoms with E-state index in [1.807, 2.05) is 0 Å². The topological polar surface area (TPSA) is 55.4 Å². The Kier molecular flexibility index (Phi) is 4.94. The fourth-order valence-electron chi connectivity index (χ4n) is 1.33. The van der Waals surface area contributed by atoms with E-state index in [-0.39, 0.29) is 18.2 Å². The first kappa shape index (κ1) is 13.8. The molecule has 18 heavy (non-hydrogen) atoms. The fraction of sp³-hybridized carbons (Fsp3) is 0.286. The summed E-state index contributed by atoms with van der Waals surface area (Å²) in [6.07, 6.45) is 0. The van der Waals surface area contributed by atoms with Gasteiger partial charge in [0.25, 0.3) is 0 Å². The minimum atomic E-state index is -0.131. The van der Waals surface area contributed by atoms with Crippen molar-refractivity contribution in [2.45, 2.75) is 13.8 Å². The molecule has 4 heteroatoms. The van der Waals surface area contributed by atoms with Gasteiger partial charge in [-0.25, -0.2) is 0 Å². The molecule has 94 valence electrons. The predicted molar refractivity (Wildman–Crippen MR) is 68.6 cm³/mol. The lowest BCUT2D eigenvalue weighted by Crippen LogP contribution is -2.19. The van der Waals surface area contributed by atoms with E-state index in [1.165, 1.54) is 13.8 Å². The van der Waals surface area contributed by atoms with Gasteiger partial charge in [-0.2, -0.15) is 0 Å². The van der Waals surface area contributed by atoms with Crippen LogP contribution in [0.4, 0.5) is 0 Å². The van der Waals surface area contributed by atoms with Crippen LogP contribution in [0.1, 0.15) is 29.8 Å². The molecule has 0 aliphatic heterocycles. The Hall–Kier alpha value is -2.28. The highest BCUT2D eigenvalue weighted by Crippen LogP contribution is 2.18. The van der Waals surface area contributed by atoms with Crippen LogP contribution in [0.5, 0.6) is 5.75 Å². The standard InChI is InChI=1S/C14H15NO3/c1-10(16)12-6-7-14(18-3)13(9-12)5-4-8-15-11(2)17/h6-7,9H,8H2,1-3H3,(H,15,17). The number of nitrogens with one attached hydrogen (secondary N) is 1. The Morgan fingerprint density at radius 1 is 1.33 bits per heavy atom. The zero-order chi connectivity index (χ0) is 13.5. The van der Waals surface area contributed by atoms with E-state index in [4.69, 9.17) is 4.74 Å². The fourth-order valence-corrected chi connectivity index (χ4v) is 1.33. The van der Waals surface area contributed by atoms with E-state index < -0.39 is 0 Å². The Bertz CT molecular complexity index is 524. The summed E-state index contributed by atoms with van der Waals surface area (Å²) in [4.78, 5) is 21.9. The second-order valence-electron chi connectivity index (χ2n) is 3.68. The highest BCUT2D eigenvalue weighted by molar-refractivity contribution is 5.94. The molecule has 0 aliphatic carbocycles. The van der Waals surface area contributed by atoms with E-state index in [0.29, 0.717) is 16.9 Å². The van der Waals surface area contributed by atoms with Crippen LogP contribution in [0.25, 0.3) is 0 Å². The van der Waals surface area contributed by atoms with Crippen molar-refractivity contribution in [2.75, 3.05) is 13.7 Å². The molecule has 1 aromatic rings. The van der Waals surface area contributed by atoms with Gasteiger partial charge in [-0.15, -0.1) is 0 Å². The largest absolute Gasteiger partial charge is 0.495 e. The van der Waals surface area contributed by atoms with Gasteiger partial charge in [0.2, 0.25) is 5.91 Å². The summed E-state index contributed by atoms with van der Waals surface area (Å²) >= 11 is 0. The van der Waals surface area contributed by atoms with E-state index in [0.717, 1.165) is 0 Å². The van der Waals surface area contributed by atoms with Crippen LogP contribution in [0, 0.1) is 11.8 Å². The molecule has 0 aliphatic rings. The Morgan fingerprint density at radius 3 is 2.61 bits per heavy atom. The molecule has 4 nitrogen and oxygen atoms in total. The van der Waals surface area contributed by atoms with Gasteiger partial charge in [-0.1, -0.05) is 11.8 Å². The van der Waals surface area contributed by atoms with Crippen molar-refractivity contribution in [1.29, 1.82) is 0 Å². The molecule has 0 spiro atoms. The first-order valence-corrected chi connectivity index (χ1v) is 5.47. The number of hydrogen-bond donors (Lipinski definition) is 1. The van der Waals surface area contributed by atoms with Crippen molar-refractivity contribution in [3.8, 4) is 17.6 Å². The minimum absolute atomic E-state index is 0.0254. The van der Waals surface area contributed by atoms with E-state index in [2.05, 4.69) is 17.2 Å². The van der Waals surface area contributed by atoms with Crippen molar-refractivity contribution in [2.24, 2.45) is 0 Å². The van der Waals surface area contributed by atoms with E-state index >= 15 is 0 Å². The summed E-state index contributed by atoms with van der Waals surface area (Å²) in [6.45, 7) is 3.19. The molecule has 0 atom stereocenters. The lowest BCUT2D eigenvalue weighted by atomic mass is 10.1. The third-order valence-electron chi connectivity index (χ3n) is 2.25. The molecular formula is C14H15NO3. The number of rotatable bonds is 3. The molecule has 1 aromatic carbocycles. The summed E-state index contributed by atoms with van der Waals surface area (Å²) in [7, 11) is 1.54. The van der Waals surface area contributed by atoms with Gasteiger partial charge < -0.3 is 10.1 Å². The van der Waals surface area contributed by atoms with Gasteiger partial charge in [-0.3, -0.25) is 9.59 Å². The van der Waals surface area contributed by atoms with E-state index in [1.54, 1.807) is 25.3 Å². The van der Waals surface area contributed by atoms with Gasteiger partial charge in [-0.05, 0) is 25.1 Å². The second-order valence-corrected chi connectivity index (χ2v) is 3.68. The maximum absolute atomic E-state index is 11.3. The molecule has 1 N–H and O–H groups in total. The average molecular weight is 245 g/mol. The van der Waals surface area contributed by atoms with Gasteiger partial charge in [0.1, 0.15) is 5.75 Å². The van der Waals surface area contributed by atoms with Crippen LogP contribution in [0.3, 0.4) is 0 Å². The molecule has 0 heterocycles. The number of hydrogen-bond acceptors (Lipinski definition) is 3. The van der Waals surface area contributed by atoms with Crippen LogP contribution in [0.15, 0.2) is 18.2 Å². The third kappa shape index (κ3) is 3.95. The molecule has 0 radical (unpaired) electrons. The third-order valence-corrected chi connectivity index (χ3v) is 2.25. The summed E-state index contributed by atoms with van der Waals surface area (Å²) in [5.74, 6) is 6.12. The monoisotopic (exact) mass is 245 g/mol. The van der Waals surface area contributed by atoms with Gasteiger partial charge in [0.15, 0.2) is 5.78 Å². The number of methoxy groups -OCH3 is 1. The van der Waals surface area contributed by atoms with Crippen LogP contribution >= 0.6 is 0 Å². The highest BCUT2D eigenvalue weighted by Gasteiger charge is 2.04. The van der Waals surface area contributed by atoms with Gasteiger partial charge in [0, 0.05) is 12.5 Å². The molecule has 1 rings (SSSR count). The highest BCUT2D eigenvalue weighted by atomic mass is 16.5. The van der Waals surface area contributed by atoms with Crippen molar-refractivity contribution in [1.82, 2.24) is 5.32 Å². The maximum Gasteiger partial charge on any atom is 0.217 e. The van der Waals surface area contributed by atoms with Crippen LogP contribution in [-0.4, -0.2) is 25.3 Å². The summed E-state index contributed by atoms with van der Waals surface area (Å²) in [6, 6.07) is 5.08. The molecule has 0 unspecified atom stereocenters. The van der Waals surface area contributed by atoms with Crippen molar-refractivity contribution < 1.29 is 14.3 Å². The number of Topliss-reactive ketones (excluding diaryl/α,β-unsaturated/α-hetero) is 1. The molecule has 0 aromatic heterocycles. The van der Waals surface area contributed by atoms with Crippen LogP contribution in [-0.2, 0) is 4.79 Å². The first-order chi connectivity index (χ1) is 8.54. The molecular weight excluding hydrogens is 230 g/mol. The number of carbonyl (C=O) groups excluding carboxylic acids is 2. The molecule has 1 amide bonds. The van der Waals surface area contributed by atoms with E-state index in [9.17, 15) is 9.59 Å². The number of amides is 1. The summed E-state index contributed by atoms with van der Waals surface area (Å²) in [5.41, 5.74) is 1.22. The van der Waals surface area contributed by atoms with Crippen molar-refractivity contribution >= 4 is 11.7 Å². The number of ketones is 1. The number of benzene rings is 1. The Morgan fingerprint density at radius 2 is 2.06 bits per heavy atom.